The summed E-state index contributed by atoms with van der Waals surface area (Å²) in [6.45, 7) is 5.41. The number of rotatable bonds is 6. The summed E-state index contributed by atoms with van der Waals surface area (Å²) in [6, 6.07) is 11.4. The third-order valence-corrected chi connectivity index (χ3v) is 5.65. The van der Waals surface area contributed by atoms with Gasteiger partial charge in [0.2, 0.25) is 0 Å². The molecule has 0 saturated carbocycles. The van der Waals surface area contributed by atoms with Crippen LogP contribution in [0.3, 0.4) is 0 Å². The van der Waals surface area contributed by atoms with Crippen LogP contribution in [0.2, 0.25) is 0 Å². The smallest absolute Gasteiger partial charge is 0.265 e. The number of aromatic amines is 1. The van der Waals surface area contributed by atoms with Gasteiger partial charge in [-0.05, 0) is 44.0 Å². The number of H-pyrrole nitrogens is 1. The Hall–Kier alpha value is -2.87. The number of nitrogens with zero attached hydrogens (tertiary/aromatic N) is 2. The Morgan fingerprint density at radius 1 is 1.12 bits per heavy atom. The van der Waals surface area contributed by atoms with E-state index in [1.807, 2.05) is 18.2 Å². The van der Waals surface area contributed by atoms with E-state index in [2.05, 4.69) is 38.2 Å². The van der Waals surface area contributed by atoms with Crippen molar-refractivity contribution in [2.45, 2.75) is 32.1 Å². The van der Waals surface area contributed by atoms with E-state index < -0.39 is 10.0 Å². The molecule has 0 radical (unpaired) electrons. The fourth-order valence-corrected chi connectivity index (χ4v) is 4.18. The van der Waals surface area contributed by atoms with Crippen molar-refractivity contribution in [3.63, 3.8) is 0 Å². The molecule has 0 atom stereocenters. The molecule has 0 fully saturated rings. The second kappa shape index (κ2) is 7.17. The lowest BCUT2D eigenvalue weighted by Gasteiger charge is -2.11. The first-order valence-electron chi connectivity index (χ1n) is 8.26. The molecule has 0 aliphatic heterocycles. The molecule has 1 aromatic carbocycles. The van der Waals surface area contributed by atoms with Crippen LogP contribution in [0.1, 0.15) is 23.9 Å². The van der Waals surface area contributed by atoms with Crippen molar-refractivity contribution in [1.82, 2.24) is 15.2 Å². The van der Waals surface area contributed by atoms with E-state index in [4.69, 9.17) is 0 Å². The molecule has 0 amide bonds. The van der Waals surface area contributed by atoms with Gasteiger partial charge < -0.3 is 5.32 Å². The number of hydrogen-bond donors (Lipinski definition) is 3. The summed E-state index contributed by atoms with van der Waals surface area (Å²) < 4.78 is 27.6. The molecule has 136 valence electrons. The van der Waals surface area contributed by atoms with Gasteiger partial charge in [-0.15, -0.1) is 0 Å². The number of hydrogen-bond acceptors (Lipinski definition) is 5. The molecule has 0 saturated heterocycles. The zero-order valence-corrected chi connectivity index (χ0v) is 15.7. The number of benzene rings is 1. The Labute approximate surface area is 152 Å². The number of sulfonamides is 1. The lowest BCUT2D eigenvalue weighted by molar-refractivity contribution is 0.600. The molecule has 0 spiro atoms. The molecular formula is C18H21N5O2S. The fraction of sp³-hybridized carbons (Fsp3) is 0.222. The van der Waals surface area contributed by atoms with Crippen molar-refractivity contribution in [3.8, 4) is 0 Å². The first kappa shape index (κ1) is 17.9. The summed E-state index contributed by atoms with van der Waals surface area (Å²) in [5.74, 6) is 0.643. The zero-order valence-electron chi connectivity index (χ0n) is 14.9. The minimum Gasteiger partial charge on any atom is -0.340 e. The summed E-state index contributed by atoms with van der Waals surface area (Å²) in [7, 11) is -3.72. The maximum Gasteiger partial charge on any atom is 0.265 e. The molecule has 3 aromatic rings. The third kappa shape index (κ3) is 3.70. The molecule has 0 unspecified atom stereocenters. The lowest BCUT2D eigenvalue weighted by atomic mass is 10.1. The average Bonchev–Trinajstić information content (AvgIpc) is 2.96. The number of aryl methyl sites for hydroxylation is 3. The van der Waals surface area contributed by atoms with Crippen molar-refractivity contribution in [1.29, 1.82) is 0 Å². The normalized spacial score (nSPS) is 11.3. The third-order valence-electron chi connectivity index (χ3n) is 4.01. The molecule has 0 bridgehead atoms. The summed E-state index contributed by atoms with van der Waals surface area (Å²) >= 11 is 0. The van der Waals surface area contributed by atoms with E-state index in [0.717, 1.165) is 12.1 Å². The van der Waals surface area contributed by atoms with E-state index in [-0.39, 0.29) is 4.90 Å². The molecule has 0 aliphatic rings. The zero-order chi connectivity index (χ0) is 18.7. The molecule has 26 heavy (non-hydrogen) atoms. The van der Waals surface area contributed by atoms with Gasteiger partial charge in [-0.25, -0.2) is 13.4 Å². The van der Waals surface area contributed by atoms with Crippen molar-refractivity contribution in [2.75, 3.05) is 10.0 Å². The Balaban J connectivity index is 1.78. The van der Waals surface area contributed by atoms with Crippen LogP contribution in [0.4, 0.5) is 17.2 Å². The van der Waals surface area contributed by atoms with Gasteiger partial charge >= 0.3 is 0 Å². The SMILES string of the molecule is CCc1ccccc1Nc1ccc(NS(=O)(=O)c2c(C)n[nH]c2C)cn1. The highest BCUT2D eigenvalue weighted by atomic mass is 32.2. The van der Waals surface area contributed by atoms with Crippen LogP contribution in [-0.2, 0) is 16.4 Å². The second-order valence-electron chi connectivity index (χ2n) is 5.94. The number of para-hydroxylation sites is 1. The van der Waals surface area contributed by atoms with Gasteiger partial charge in [-0.2, -0.15) is 5.10 Å². The molecule has 2 heterocycles. The largest absolute Gasteiger partial charge is 0.340 e. The van der Waals surface area contributed by atoms with Gasteiger partial charge in [0.1, 0.15) is 10.7 Å². The lowest BCUT2D eigenvalue weighted by Crippen LogP contribution is -2.14. The highest BCUT2D eigenvalue weighted by Gasteiger charge is 2.22. The molecular weight excluding hydrogens is 350 g/mol. The van der Waals surface area contributed by atoms with Gasteiger partial charge in [-0.1, -0.05) is 25.1 Å². The van der Waals surface area contributed by atoms with Crippen LogP contribution < -0.4 is 10.0 Å². The van der Waals surface area contributed by atoms with E-state index in [1.165, 1.54) is 11.8 Å². The Morgan fingerprint density at radius 3 is 2.50 bits per heavy atom. The predicted octanol–water partition coefficient (Wildman–Crippen LogP) is 3.53. The van der Waals surface area contributed by atoms with Crippen LogP contribution >= 0.6 is 0 Å². The van der Waals surface area contributed by atoms with Gasteiger partial charge in [0.05, 0.1) is 23.3 Å². The molecule has 8 heteroatoms. The second-order valence-corrected chi connectivity index (χ2v) is 7.56. The number of pyridine rings is 1. The van der Waals surface area contributed by atoms with Crippen LogP contribution in [0.25, 0.3) is 0 Å². The van der Waals surface area contributed by atoms with Gasteiger partial charge in [0.15, 0.2) is 0 Å². The van der Waals surface area contributed by atoms with Crippen molar-refractivity contribution >= 4 is 27.2 Å². The molecule has 7 nitrogen and oxygen atoms in total. The Bertz CT molecular complexity index is 991. The highest BCUT2D eigenvalue weighted by molar-refractivity contribution is 7.92. The van der Waals surface area contributed by atoms with Crippen LogP contribution in [0.5, 0.6) is 0 Å². The molecule has 0 aliphatic carbocycles. The minimum atomic E-state index is -3.72. The quantitative estimate of drug-likeness (QED) is 0.615. The van der Waals surface area contributed by atoms with Crippen LogP contribution in [0, 0.1) is 13.8 Å². The van der Waals surface area contributed by atoms with E-state index in [9.17, 15) is 8.42 Å². The Kier molecular flexibility index (Phi) is 4.94. The van der Waals surface area contributed by atoms with Crippen molar-refractivity contribution in [3.05, 3.63) is 59.5 Å². The molecule has 3 N–H and O–H groups in total. The number of anilines is 3. The fourth-order valence-electron chi connectivity index (χ4n) is 2.76. The van der Waals surface area contributed by atoms with Crippen LogP contribution in [-0.4, -0.2) is 23.6 Å². The van der Waals surface area contributed by atoms with Crippen LogP contribution in [0.15, 0.2) is 47.5 Å². The van der Waals surface area contributed by atoms with E-state index in [1.54, 1.807) is 26.0 Å². The first-order valence-corrected chi connectivity index (χ1v) is 9.74. The average molecular weight is 371 g/mol. The molecule has 2 aromatic heterocycles. The maximum absolute atomic E-state index is 12.5. The first-order chi connectivity index (χ1) is 12.4. The van der Waals surface area contributed by atoms with Gasteiger partial charge in [-0.3, -0.25) is 9.82 Å². The number of aromatic nitrogens is 3. The van der Waals surface area contributed by atoms with Gasteiger partial charge in [0, 0.05) is 5.69 Å². The topological polar surface area (TPSA) is 99.8 Å². The minimum absolute atomic E-state index is 0.163. The summed E-state index contributed by atoms with van der Waals surface area (Å²) in [5.41, 5.74) is 3.49. The van der Waals surface area contributed by atoms with E-state index in [0.29, 0.717) is 22.9 Å². The Morgan fingerprint density at radius 2 is 1.88 bits per heavy atom. The molecule has 3 rings (SSSR count). The summed E-state index contributed by atoms with van der Waals surface area (Å²) in [5, 5.41) is 9.87. The predicted molar refractivity (Wildman–Crippen MR) is 102 cm³/mol. The van der Waals surface area contributed by atoms with E-state index >= 15 is 0 Å². The monoisotopic (exact) mass is 371 g/mol. The van der Waals surface area contributed by atoms with Crippen molar-refractivity contribution < 1.29 is 8.42 Å². The number of nitrogens with one attached hydrogen (secondary N) is 3. The standard InChI is InChI=1S/C18H21N5O2S/c1-4-14-7-5-6-8-16(14)20-17-10-9-15(11-19-17)23-26(24,25)18-12(2)21-22-13(18)3/h5-11,23H,4H2,1-3H3,(H,19,20)(H,21,22). The van der Waals surface area contributed by atoms with Gasteiger partial charge in [0.25, 0.3) is 10.0 Å². The summed E-state index contributed by atoms with van der Waals surface area (Å²) in [6.07, 6.45) is 2.39. The van der Waals surface area contributed by atoms with Crippen molar-refractivity contribution in [2.24, 2.45) is 0 Å². The highest BCUT2D eigenvalue weighted by Crippen LogP contribution is 2.23. The summed E-state index contributed by atoms with van der Waals surface area (Å²) in [4.78, 5) is 4.46. The maximum atomic E-state index is 12.5.